The standard InChI is InChI=1S/C32H41N5O5/c1-4-24(21(2)3)17-28(38)26(15-22-11-7-5-8-12-22)36-30(39)27(18-25-19-34-20-35-25)37-31(40)29(42-32(33)41)16-23-13-9-6-10-14-23/h4-14,19-21,24,26-29,38H,1,15-18H2,2-3H3,(H2,33,41)(H,34,35)(H,36,39)(H,37,40)/t24-,26-,27?,28-,29-/m0/s1. The minimum atomic E-state index is -1.26. The lowest BCUT2D eigenvalue weighted by atomic mass is 9.86. The van der Waals surface area contributed by atoms with Gasteiger partial charge in [0, 0.05) is 24.7 Å². The number of amides is 3. The molecule has 1 aromatic heterocycles. The zero-order chi connectivity index (χ0) is 30.5. The second-order valence-electron chi connectivity index (χ2n) is 10.7. The molecule has 1 unspecified atom stereocenters. The van der Waals surface area contributed by atoms with Gasteiger partial charge in [-0.1, -0.05) is 80.6 Å². The number of hydrogen-bond acceptors (Lipinski definition) is 6. The van der Waals surface area contributed by atoms with Crippen LogP contribution in [0.2, 0.25) is 0 Å². The second kappa shape index (κ2) is 16.1. The predicted octanol–water partition coefficient (Wildman–Crippen LogP) is 3.08. The average molecular weight is 576 g/mol. The number of hydrogen-bond donors (Lipinski definition) is 5. The summed E-state index contributed by atoms with van der Waals surface area (Å²) in [5.74, 6) is -0.885. The van der Waals surface area contributed by atoms with Crippen LogP contribution in [0, 0.1) is 11.8 Å². The summed E-state index contributed by atoms with van der Waals surface area (Å²) in [6, 6.07) is 16.9. The SMILES string of the molecule is C=C[C@@H](C[C@H](O)[C@H](Cc1ccccc1)NC(=O)C(Cc1cnc[nH]1)NC(=O)[C@H](Cc1ccccc1)OC(N)=O)C(C)C. The Morgan fingerprint density at radius 2 is 1.60 bits per heavy atom. The number of nitrogens with one attached hydrogen (secondary N) is 3. The molecular weight excluding hydrogens is 534 g/mol. The number of aliphatic hydroxyl groups excluding tert-OH is 1. The van der Waals surface area contributed by atoms with E-state index in [1.807, 2.05) is 42.5 Å². The number of carbonyl (C=O) groups is 3. The Balaban J connectivity index is 1.84. The van der Waals surface area contributed by atoms with E-state index in [0.29, 0.717) is 18.5 Å². The molecule has 0 saturated heterocycles. The first-order valence-corrected chi connectivity index (χ1v) is 14.1. The third kappa shape index (κ3) is 10.2. The number of rotatable bonds is 16. The molecule has 0 spiro atoms. The summed E-state index contributed by atoms with van der Waals surface area (Å²) in [6.45, 7) is 8.02. The third-order valence-corrected chi connectivity index (χ3v) is 7.19. The number of primary amides is 1. The number of benzene rings is 2. The van der Waals surface area contributed by atoms with Gasteiger partial charge in [0.1, 0.15) is 6.04 Å². The van der Waals surface area contributed by atoms with Crippen molar-refractivity contribution in [1.29, 1.82) is 0 Å². The quantitative estimate of drug-likeness (QED) is 0.165. The van der Waals surface area contributed by atoms with Crippen LogP contribution in [0.15, 0.2) is 85.8 Å². The van der Waals surface area contributed by atoms with E-state index < -0.39 is 42.2 Å². The minimum Gasteiger partial charge on any atom is -0.436 e. The summed E-state index contributed by atoms with van der Waals surface area (Å²) in [7, 11) is 0. The fourth-order valence-electron chi connectivity index (χ4n) is 4.76. The van der Waals surface area contributed by atoms with E-state index in [-0.39, 0.29) is 24.7 Å². The van der Waals surface area contributed by atoms with Crippen LogP contribution >= 0.6 is 0 Å². The van der Waals surface area contributed by atoms with Gasteiger partial charge in [0.25, 0.3) is 5.91 Å². The monoisotopic (exact) mass is 575 g/mol. The lowest BCUT2D eigenvalue weighted by molar-refractivity contribution is -0.134. The molecule has 2 aromatic carbocycles. The Hall–Kier alpha value is -4.44. The summed E-state index contributed by atoms with van der Waals surface area (Å²) >= 11 is 0. The highest BCUT2D eigenvalue weighted by molar-refractivity contribution is 5.90. The van der Waals surface area contributed by atoms with Crippen LogP contribution in [-0.2, 0) is 33.6 Å². The molecule has 0 saturated carbocycles. The Kier molecular flexibility index (Phi) is 12.3. The number of aromatic amines is 1. The van der Waals surface area contributed by atoms with Gasteiger partial charge in [0.2, 0.25) is 5.91 Å². The molecule has 0 bridgehead atoms. The van der Waals surface area contributed by atoms with Crippen LogP contribution in [-0.4, -0.2) is 57.3 Å². The van der Waals surface area contributed by atoms with Crippen molar-refractivity contribution in [3.8, 4) is 0 Å². The molecule has 3 aromatic rings. The maximum Gasteiger partial charge on any atom is 0.405 e. The summed E-state index contributed by atoms with van der Waals surface area (Å²) in [6.07, 6.45) is 2.55. The van der Waals surface area contributed by atoms with E-state index in [1.165, 1.54) is 6.33 Å². The number of H-pyrrole nitrogens is 1. The second-order valence-corrected chi connectivity index (χ2v) is 10.7. The smallest absolute Gasteiger partial charge is 0.405 e. The van der Waals surface area contributed by atoms with Gasteiger partial charge in [-0.3, -0.25) is 9.59 Å². The Labute approximate surface area is 246 Å². The highest BCUT2D eigenvalue weighted by Gasteiger charge is 2.32. The molecule has 10 heteroatoms. The van der Waals surface area contributed by atoms with Crippen molar-refractivity contribution < 1.29 is 24.2 Å². The van der Waals surface area contributed by atoms with Crippen LogP contribution < -0.4 is 16.4 Å². The van der Waals surface area contributed by atoms with Crippen LogP contribution in [0.3, 0.4) is 0 Å². The van der Waals surface area contributed by atoms with Crippen molar-refractivity contribution >= 4 is 17.9 Å². The van der Waals surface area contributed by atoms with Crippen molar-refractivity contribution in [2.45, 2.75) is 63.8 Å². The molecule has 0 fully saturated rings. The number of nitrogens with zero attached hydrogens (tertiary/aromatic N) is 1. The van der Waals surface area contributed by atoms with Gasteiger partial charge in [0.05, 0.1) is 18.5 Å². The Bertz CT molecular complexity index is 1270. The minimum absolute atomic E-state index is 0.0420. The third-order valence-electron chi connectivity index (χ3n) is 7.19. The van der Waals surface area contributed by atoms with Crippen molar-refractivity contribution in [2.75, 3.05) is 0 Å². The van der Waals surface area contributed by atoms with Gasteiger partial charge in [-0.25, -0.2) is 9.78 Å². The molecule has 3 rings (SSSR count). The first-order chi connectivity index (χ1) is 20.2. The number of ether oxygens (including phenoxy) is 1. The lowest BCUT2D eigenvalue weighted by Crippen LogP contribution is -2.56. The number of aromatic nitrogens is 2. The lowest BCUT2D eigenvalue weighted by Gasteiger charge is -2.30. The zero-order valence-corrected chi connectivity index (χ0v) is 24.1. The zero-order valence-electron chi connectivity index (χ0n) is 24.1. The van der Waals surface area contributed by atoms with Crippen molar-refractivity contribution in [3.63, 3.8) is 0 Å². The fraction of sp³-hybridized carbons (Fsp3) is 0.375. The topological polar surface area (TPSA) is 159 Å². The van der Waals surface area contributed by atoms with Crippen LogP contribution in [0.5, 0.6) is 0 Å². The largest absolute Gasteiger partial charge is 0.436 e. The van der Waals surface area contributed by atoms with Gasteiger partial charge in [-0.15, -0.1) is 6.58 Å². The number of imidazole rings is 1. The number of allylic oxidation sites excluding steroid dienone is 1. The maximum absolute atomic E-state index is 13.8. The van der Waals surface area contributed by atoms with E-state index in [1.54, 1.807) is 30.5 Å². The Morgan fingerprint density at radius 1 is 0.976 bits per heavy atom. The predicted molar refractivity (Wildman–Crippen MR) is 160 cm³/mol. The average Bonchev–Trinajstić information content (AvgIpc) is 3.48. The molecule has 3 amide bonds. The molecule has 224 valence electrons. The summed E-state index contributed by atoms with van der Waals surface area (Å²) in [5, 5.41) is 17.0. The van der Waals surface area contributed by atoms with Crippen molar-refractivity contribution in [1.82, 2.24) is 20.6 Å². The van der Waals surface area contributed by atoms with Crippen LogP contribution in [0.25, 0.3) is 0 Å². The molecule has 0 aliphatic rings. The number of nitrogens with two attached hydrogens (primary N) is 1. The number of aliphatic hydroxyl groups is 1. The summed E-state index contributed by atoms with van der Waals surface area (Å²) in [5.41, 5.74) is 7.56. The van der Waals surface area contributed by atoms with Crippen LogP contribution in [0.4, 0.5) is 4.79 Å². The van der Waals surface area contributed by atoms with E-state index in [4.69, 9.17) is 10.5 Å². The first kappa shape index (κ1) is 32.1. The molecule has 1 heterocycles. The van der Waals surface area contributed by atoms with Gasteiger partial charge in [-0.2, -0.15) is 0 Å². The number of carbonyl (C=O) groups excluding carboxylic acids is 3. The highest BCUT2D eigenvalue weighted by Crippen LogP contribution is 2.21. The molecule has 5 atom stereocenters. The normalized spacial score (nSPS) is 14.7. The van der Waals surface area contributed by atoms with Gasteiger partial charge >= 0.3 is 6.09 Å². The van der Waals surface area contributed by atoms with E-state index >= 15 is 0 Å². The van der Waals surface area contributed by atoms with Crippen LogP contribution in [0.1, 0.15) is 37.1 Å². The van der Waals surface area contributed by atoms with Crippen molar-refractivity contribution in [3.05, 3.63) is 103 Å². The molecule has 10 nitrogen and oxygen atoms in total. The summed E-state index contributed by atoms with van der Waals surface area (Å²) in [4.78, 5) is 45.8. The fourth-order valence-corrected chi connectivity index (χ4v) is 4.76. The van der Waals surface area contributed by atoms with E-state index in [2.05, 4.69) is 41.0 Å². The first-order valence-electron chi connectivity index (χ1n) is 14.1. The summed E-state index contributed by atoms with van der Waals surface area (Å²) < 4.78 is 5.13. The van der Waals surface area contributed by atoms with E-state index in [0.717, 1.165) is 11.1 Å². The molecule has 6 N–H and O–H groups in total. The molecule has 0 radical (unpaired) electrons. The van der Waals surface area contributed by atoms with Crippen molar-refractivity contribution in [2.24, 2.45) is 17.6 Å². The van der Waals surface area contributed by atoms with E-state index in [9.17, 15) is 19.5 Å². The molecule has 0 aliphatic carbocycles. The maximum atomic E-state index is 13.8. The molecule has 42 heavy (non-hydrogen) atoms. The molecule has 0 aliphatic heterocycles. The highest BCUT2D eigenvalue weighted by atomic mass is 16.6. The van der Waals surface area contributed by atoms with Gasteiger partial charge in [-0.05, 0) is 35.8 Å². The van der Waals surface area contributed by atoms with Gasteiger partial charge < -0.3 is 31.2 Å². The molecular formula is C32H41N5O5. The Morgan fingerprint density at radius 3 is 2.12 bits per heavy atom. The van der Waals surface area contributed by atoms with Gasteiger partial charge in [0.15, 0.2) is 6.10 Å².